The van der Waals surface area contributed by atoms with Crippen LogP contribution in [-0.2, 0) is 4.79 Å². The SMILES string of the molecule is O=C1NCC2=C1C=CCC=C2. The second kappa shape index (κ2) is 2.38. The van der Waals surface area contributed by atoms with Gasteiger partial charge < -0.3 is 5.32 Å². The minimum atomic E-state index is 0.0581. The van der Waals surface area contributed by atoms with Crippen molar-refractivity contribution >= 4 is 5.91 Å². The Morgan fingerprint density at radius 3 is 3.00 bits per heavy atom. The van der Waals surface area contributed by atoms with Crippen molar-refractivity contribution in [2.75, 3.05) is 6.54 Å². The number of carbonyl (C=O) groups is 1. The predicted molar refractivity (Wildman–Crippen MR) is 42.9 cm³/mol. The van der Waals surface area contributed by atoms with E-state index in [1.54, 1.807) is 0 Å². The van der Waals surface area contributed by atoms with Crippen LogP contribution in [0.2, 0.25) is 0 Å². The number of rotatable bonds is 0. The van der Waals surface area contributed by atoms with Crippen molar-refractivity contribution in [3.63, 3.8) is 0 Å². The highest BCUT2D eigenvalue weighted by molar-refractivity contribution is 6.00. The maximum absolute atomic E-state index is 11.1. The molecular formula is C9H9NO. The van der Waals surface area contributed by atoms with E-state index in [0.29, 0.717) is 6.54 Å². The zero-order chi connectivity index (χ0) is 7.68. The molecule has 1 amide bonds. The second-order valence-electron chi connectivity index (χ2n) is 2.66. The third kappa shape index (κ3) is 1.00. The number of allylic oxidation sites excluding steroid dienone is 2. The summed E-state index contributed by atoms with van der Waals surface area (Å²) >= 11 is 0. The van der Waals surface area contributed by atoms with Crippen LogP contribution in [0.5, 0.6) is 0 Å². The van der Waals surface area contributed by atoms with E-state index >= 15 is 0 Å². The van der Waals surface area contributed by atoms with Crippen molar-refractivity contribution in [1.82, 2.24) is 5.32 Å². The number of hydrogen-bond acceptors (Lipinski definition) is 1. The van der Waals surface area contributed by atoms with Crippen LogP contribution in [0.4, 0.5) is 0 Å². The molecule has 1 aliphatic carbocycles. The van der Waals surface area contributed by atoms with Crippen molar-refractivity contribution in [1.29, 1.82) is 0 Å². The van der Waals surface area contributed by atoms with E-state index in [0.717, 1.165) is 17.6 Å². The lowest BCUT2D eigenvalue weighted by Gasteiger charge is -1.89. The first-order chi connectivity index (χ1) is 5.38. The van der Waals surface area contributed by atoms with Gasteiger partial charge in [0.05, 0.1) is 0 Å². The summed E-state index contributed by atoms with van der Waals surface area (Å²) in [6.45, 7) is 0.689. The first kappa shape index (κ1) is 6.40. The molecular weight excluding hydrogens is 138 g/mol. The van der Waals surface area contributed by atoms with Gasteiger partial charge in [0, 0.05) is 12.1 Å². The van der Waals surface area contributed by atoms with Crippen molar-refractivity contribution in [2.45, 2.75) is 6.42 Å². The van der Waals surface area contributed by atoms with Gasteiger partial charge in [-0.3, -0.25) is 4.79 Å². The molecule has 1 heterocycles. The lowest BCUT2D eigenvalue weighted by Crippen LogP contribution is -2.16. The minimum absolute atomic E-state index is 0.0581. The molecule has 0 bridgehead atoms. The van der Waals surface area contributed by atoms with Crippen molar-refractivity contribution in [2.24, 2.45) is 0 Å². The predicted octanol–water partition coefficient (Wildman–Crippen LogP) is 0.929. The van der Waals surface area contributed by atoms with Crippen molar-refractivity contribution in [3.8, 4) is 0 Å². The lowest BCUT2D eigenvalue weighted by atomic mass is 10.1. The maximum Gasteiger partial charge on any atom is 0.251 e. The molecule has 0 spiro atoms. The van der Waals surface area contributed by atoms with Crippen molar-refractivity contribution in [3.05, 3.63) is 35.5 Å². The quantitative estimate of drug-likeness (QED) is 0.542. The second-order valence-corrected chi connectivity index (χ2v) is 2.66. The van der Waals surface area contributed by atoms with Gasteiger partial charge >= 0.3 is 0 Å². The van der Waals surface area contributed by atoms with Crippen LogP contribution in [0.15, 0.2) is 35.5 Å². The van der Waals surface area contributed by atoms with E-state index in [1.165, 1.54) is 0 Å². The normalized spacial score (nSPS) is 21.6. The van der Waals surface area contributed by atoms with Gasteiger partial charge in [0.1, 0.15) is 0 Å². The van der Waals surface area contributed by atoms with Crippen LogP contribution in [-0.4, -0.2) is 12.5 Å². The summed E-state index contributed by atoms with van der Waals surface area (Å²) in [5, 5.41) is 2.77. The molecule has 2 heteroatoms. The fourth-order valence-electron chi connectivity index (χ4n) is 1.32. The minimum Gasteiger partial charge on any atom is -0.348 e. The van der Waals surface area contributed by atoms with E-state index in [1.807, 2.05) is 18.2 Å². The molecule has 1 N–H and O–H groups in total. The number of hydrogen-bond donors (Lipinski definition) is 1. The molecule has 0 aromatic heterocycles. The molecule has 0 saturated carbocycles. The van der Waals surface area contributed by atoms with Gasteiger partial charge in [-0.05, 0) is 12.0 Å². The average Bonchev–Trinajstić information content (AvgIpc) is 2.25. The van der Waals surface area contributed by atoms with Gasteiger partial charge in [-0.15, -0.1) is 0 Å². The van der Waals surface area contributed by atoms with Crippen molar-refractivity contribution < 1.29 is 4.79 Å². The van der Waals surface area contributed by atoms with Crippen LogP contribution >= 0.6 is 0 Å². The molecule has 0 saturated heterocycles. The smallest absolute Gasteiger partial charge is 0.251 e. The van der Waals surface area contributed by atoms with E-state index < -0.39 is 0 Å². The first-order valence-corrected chi connectivity index (χ1v) is 3.72. The van der Waals surface area contributed by atoms with E-state index in [4.69, 9.17) is 0 Å². The zero-order valence-corrected chi connectivity index (χ0v) is 6.13. The monoisotopic (exact) mass is 147 g/mol. The van der Waals surface area contributed by atoms with E-state index in [2.05, 4.69) is 11.4 Å². The standard InChI is InChI=1S/C9H9NO/c11-9-8-5-3-1-2-4-7(8)6-10-9/h2-5H,1,6H2,(H,10,11). The third-order valence-electron chi connectivity index (χ3n) is 1.91. The zero-order valence-electron chi connectivity index (χ0n) is 6.13. The highest BCUT2D eigenvalue weighted by Gasteiger charge is 2.18. The van der Waals surface area contributed by atoms with Crippen LogP contribution < -0.4 is 5.32 Å². The summed E-state index contributed by atoms with van der Waals surface area (Å²) in [7, 11) is 0. The van der Waals surface area contributed by atoms with Crippen LogP contribution in [0.3, 0.4) is 0 Å². The Balaban J connectivity index is 2.44. The average molecular weight is 147 g/mol. The molecule has 0 aromatic rings. The van der Waals surface area contributed by atoms with Gasteiger partial charge in [0.2, 0.25) is 0 Å². The van der Waals surface area contributed by atoms with E-state index in [9.17, 15) is 4.79 Å². The Kier molecular flexibility index (Phi) is 1.39. The molecule has 0 atom stereocenters. The Hall–Kier alpha value is -1.31. The molecule has 56 valence electrons. The highest BCUT2D eigenvalue weighted by atomic mass is 16.1. The molecule has 2 nitrogen and oxygen atoms in total. The summed E-state index contributed by atoms with van der Waals surface area (Å²) in [4.78, 5) is 11.1. The molecule has 11 heavy (non-hydrogen) atoms. The van der Waals surface area contributed by atoms with Gasteiger partial charge in [0.15, 0.2) is 0 Å². The summed E-state index contributed by atoms with van der Waals surface area (Å²) in [5.41, 5.74) is 1.95. The highest BCUT2D eigenvalue weighted by Crippen LogP contribution is 2.16. The third-order valence-corrected chi connectivity index (χ3v) is 1.91. The summed E-state index contributed by atoms with van der Waals surface area (Å²) in [6, 6.07) is 0. The Bertz CT molecular complexity index is 284. The molecule has 0 radical (unpaired) electrons. The largest absolute Gasteiger partial charge is 0.348 e. The molecule has 0 aromatic carbocycles. The number of amides is 1. The molecule has 0 fully saturated rings. The molecule has 1 aliphatic heterocycles. The molecule has 2 aliphatic rings. The van der Waals surface area contributed by atoms with E-state index in [-0.39, 0.29) is 5.91 Å². The molecule has 0 unspecified atom stereocenters. The Labute approximate surface area is 65.3 Å². The molecule has 2 rings (SSSR count). The fraction of sp³-hybridized carbons (Fsp3) is 0.222. The number of nitrogens with one attached hydrogen (secondary N) is 1. The van der Waals surface area contributed by atoms with Crippen LogP contribution in [0.1, 0.15) is 6.42 Å². The van der Waals surface area contributed by atoms with Gasteiger partial charge in [0.25, 0.3) is 5.91 Å². The summed E-state index contributed by atoms with van der Waals surface area (Å²) in [6.07, 6.45) is 8.92. The fourth-order valence-corrected chi connectivity index (χ4v) is 1.32. The maximum atomic E-state index is 11.1. The van der Waals surface area contributed by atoms with Gasteiger partial charge in [-0.1, -0.05) is 24.3 Å². The van der Waals surface area contributed by atoms with Gasteiger partial charge in [-0.2, -0.15) is 0 Å². The first-order valence-electron chi connectivity index (χ1n) is 3.72. The van der Waals surface area contributed by atoms with Gasteiger partial charge in [-0.25, -0.2) is 0 Å². The topological polar surface area (TPSA) is 29.1 Å². The van der Waals surface area contributed by atoms with Crippen LogP contribution in [0.25, 0.3) is 0 Å². The summed E-state index contributed by atoms with van der Waals surface area (Å²) < 4.78 is 0. The number of carbonyl (C=O) groups excluding carboxylic acids is 1. The Morgan fingerprint density at radius 2 is 2.09 bits per heavy atom. The van der Waals surface area contributed by atoms with Crippen LogP contribution in [0, 0.1) is 0 Å². The summed E-state index contributed by atoms with van der Waals surface area (Å²) in [5.74, 6) is 0.0581. The lowest BCUT2D eigenvalue weighted by molar-refractivity contribution is -0.116. The Morgan fingerprint density at radius 1 is 1.27 bits per heavy atom.